The number of hydrogen-bond donors (Lipinski definition) is 2. The van der Waals surface area contributed by atoms with Crippen LogP contribution in [0.15, 0.2) is 17.5 Å². The minimum absolute atomic E-state index is 0.0607. The van der Waals surface area contributed by atoms with E-state index < -0.39 is 5.60 Å². The predicted octanol–water partition coefficient (Wildman–Crippen LogP) is 4.02. The average Bonchev–Trinajstić information content (AvgIpc) is 3.07. The summed E-state index contributed by atoms with van der Waals surface area (Å²) in [7, 11) is 0. The van der Waals surface area contributed by atoms with Gasteiger partial charge in [-0.2, -0.15) is 0 Å². The molecule has 1 fully saturated rings. The Morgan fingerprint density at radius 2 is 2.19 bits per heavy atom. The molecule has 1 saturated carbocycles. The Hall–Kier alpha value is -0.910. The number of nitrogens with one attached hydrogen (secondary N) is 1. The third-order valence-corrected chi connectivity index (χ3v) is 6.65. The molecule has 2 heterocycles. The number of aliphatic hydroxyl groups is 1. The quantitative estimate of drug-likeness (QED) is 0.892. The maximum Gasteiger partial charge on any atom is 0.261 e. The number of hydrogen-bond acceptors (Lipinski definition) is 4. The molecule has 1 amide bonds. The second-order valence-corrected chi connectivity index (χ2v) is 8.05. The first-order valence-corrected chi connectivity index (χ1v) is 9.27. The van der Waals surface area contributed by atoms with Crippen molar-refractivity contribution in [2.75, 3.05) is 6.54 Å². The smallest absolute Gasteiger partial charge is 0.261 e. The van der Waals surface area contributed by atoms with E-state index in [-0.39, 0.29) is 5.91 Å². The Kier molecular flexibility index (Phi) is 4.33. The van der Waals surface area contributed by atoms with Gasteiger partial charge in [0, 0.05) is 15.9 Å². The van der Waals surface area contributed by atoms with Gasteiger partial charge in [0.1, 0.15) is 0 Å². The number of fused-ring (bicyclic) bond motifs is 1. The highest BCUT2D eigenvalue weighted by atomic mass is 32.1. The van der Waals surface area contributed by atoms with E-state index in [0.717, 1.165) is 45.9 Å². The van der Waals surface area contributed by atoms with Gasteiger partial charge in [0.2, 0.25) is 0 Å². The van der Waals surface area contributed by atoms with E-state index in [1.165, 1.54) is 17.8 Å². The molecule has 0 radical (unpaired) electrons. The molecule has 0 aromatic carbocycles. The zero-order valence-corrected chi connectivity index (χ0v) is 13.9. The van der Waals surface area contributed by atoms with Crippen LogP contribution in [0.1, 0.15) is 48.7 Å². The highest BCUT2D eigenvalue weighted by Crippen LogP contribution is 2.33. The fourth-order valence-corrected chi connectivity index (χ4v) is 5.03. The number of amides is 1. The predicted molar refractivity (Wildman–Crippen MR) is 89.2 cm³/mol. The number of carbonyl (C=O) groups excluding carboxylic acids is 1. The largest absolute Gasteiger partial charge is 0.388 e. The third-order valence-electron chi connectivity index (χ3n) is 4.55. The van der Waals surface area contributed by atoms with Crippen LogP contribution in [0.25, 0.3) is 9.40 Å². The Balaban J connectivity index is 1.57. The number of rotatable bonds is 4. The van der Waals surface area contributed by atoms with Crippen LogP contribution < -0.4 is 5.32 Å². The van der Waals surface area contributed by atoms with Crippen LogP contribution in [-0.4, -0.2) is 23.2 Å². The molecular weight excluding hydrogens is 302 g/mol. The van der Waals surface area contributed by atoms with Crippen LogP contribution in [-0.2, 0) is 0 Å². The second kappa shape index (κ2) is 6.07. The van der Waals surface area contributed by atoms with Gasteiger partial charge >= 0.3 is 0 Å². The molecule has 2 aromatic heterocycles. The summed E-state index contributed by atoms with van der Waals surface area (Å²) >= 11 is 3.17. The fraction of sp³-hybridized carbons (Fsp3) is 0.562. The van der Waals surface area contributed by atoms with Gasteiger partial charge in [-0.1, -0.05) is 13.3 Å². The van der Waals surface area contributed by atoms with E-state index >= 15 is 0 Å². The van der Waals surface area contributed by atoms with Crippen molar-refractivity contribution in [3.05, 3.63) is 22.4 Å². The van der Waals surface area contributed by atoms with E-state index in [1.807, 2.05) is 17.5 Å². The van der Waals surface area contributed by atoms with Crippen molar-refractivity contribution in [3.8, 4) is 0 Å². The van der Waals surface area contributed by atoms with Gasteiger partial charge in [0.15, 0.2) is 0 Å². The summed E-state index contributed by atoms with van der Waals surface area (Å²) in [5.74, 6) is 0.680. The summed E-state index contributed by atoms with van der Waals surface area (Å²) in [6, 6.07) is 3.99. The van der Waals surface area contributed by atoms with E-state index in [0.29, 0.717) is 6.54 Å². The first kappa shape index (κ1) is 15.0. The Morgan fingerprint density at radius 1 is 1.43 bits per heavy atom. The summed E-state index contributed by atoms with van der Waals surface area (Å²) in [5.41, 5.74) is -0.712. The van der Waals surface area contributed by atoms with Gasteiger partial charge in [-0.05, 0) is 49.1 Å². The summed E-state index contributed by atoms with van der Waals surface area (Å²) < 4.78 is 2.32. The van der Waals surface area contributed by atoms with Crippen molar-refractivity contribution < 1.29 is 9.90 Å². The first-order chi connectivity index (χ1) is 10.1. The molecule has 1 aliphatic rings. The van der Waals surface area contributed by atoms with Gasteiger partial charge in [-0.3, -0.25) is 4.79 Å². The van der Waals surface area contributed by atoms with E-state index in [9.17, 15) is 9.90 Å². The highest BCUT2D eigenvalue weighted by Gasteiger charge is 2.33. The monoisotopic (exact) mass is 323 g/mol. The Labute approximate surface area is 133 Å². The molecule has 0 bridgehead atoms. The summed E-state index contributed by atoms with van der Waals surface area (Å²) in [6.07, 6.45) is 4.92. The molecule has 0 unspecified atom stereocenters. The molecule has 114 valence electrons. The molecule has 2 aromatic rings. The van der Waals surface area contributed by atoms with Gasteiger partial charge in [0.25, 0.3) is 5.91 Å². The lowest BCUT2D eigenvalue weighted by Gasteiger charge is -2.35. The molecule has 3 rings (SSSR count). The lowest BCUT2D eigenvalue weighted by Crippen LogP contribution is -2.45. The van der Waals surface area contributed by atoms with Crippen LogP contribution in [0.5, 0.6) is 0 Å². The summed E-state index contributed by atoms with van der Waals surface area (Å²) in [6.45, 7) is 2.58. The Morgan fingerprint density at radius 3 is 2.86 bits per heavy atom. The van der Waals surface area contributed by atoms with Crippen molar-refractivity contribution in [3.63, 3.8) is 0 Å². The molecule has 2 N–H and O–H groups in total. The summed E-state index contributed by atoms with van der Waals surface area (Å²) in [5, 5.41) is 15.5. The SMILES string of the molecule is CCC1CCC(O)(CNC(=O)c2cc3sccc3s2)CC1. The average molecular weight is 323 g/mol. The summed E-state index contributed by atoms with van der Waals surface area (Å²) in [4.78, 5) is 12.9. The number of thiophene rings is 2. The van der Waals surface area contributed by atoms with Gasteiger partial charge < -0.3 is 10.4 Å². The van der Waals surface area contributed by atoms with E-state index in [2.05, 4.69) is 12.2 Å². The van der Waals surface area contributed by atoms with Crippen molar-refractivity contribution >= 4 is 38.0 Å². The van der Waals surface area contributed by atoms with Crippen molar-refractivity contribution in [1.29, 1.82) is 0 Å². The second-order valence-electron chi connectivity index (χ2n) is 6.02. The van der Waals surface area contributed by atoms with Crippen LogP contribution in [0.2, 0.25) is 0 Å². The molecule has 1 aliphatic carbocycles. The first-order valence-electron chi connectivity index (χ1n) is 7.57. The minimum atomic E-state index is -0.712. The van der Waals surface area contributed by atoms with E-state index in [4.69, 9.17) is 0 Å². The standard InChI is InChI=1S/C16H21NO2S2/c1-2-11-3-6-16(19,7-4-11)10-17-15(18)14-9-13-12(21-14)5-8-20-13/h5,8-9,11,19H,2-4,6-7,10H2,1H3,(H,17,18). The molecular formula is C16H21NO2S2. The van der Waals surface area contributed by atoms with Gasteiger partial charge in [0.05, 0.1) is 10.5 Å². The molecule has 21 heavy (non-hydrogen) atoms. The lowest BCUT2D eigenvalue weighted by molar-refractivity contribution is -0.00783. The topological polar surface area (TPSA) is 49.3 Å². The maximum atomic E-state index is 12.2. The zero-order valence-electron chi connectivity index (χ0n) is 12.2. The fourth-order valence-electron chi connectivity index (χ4n) is 3.01. The molecule has 5 heteroatoms. The van der Waals surface area contributed by atoms with Gasteiger partial charge in [-0.25, -0.2) is 0 Å². The van der Waals surface area contributed by atoms with Crippen LogP contribution >= 0.6 is 22.7 Å². The number of carbonyl (C=O) groups is 1. The van der Waals surface area contributed by atoms with Crippen LogP contribution in [0, 0.1) is 5.92 Å². The van der Waals surface area contributed by atoms with Crippen LogP contribution in [0.3, 0.4) is 0 Å². The highest BCUT2D eigenvalue weighted by molar-refractivity contribution is 7.27. The van der Waals surface area contributed by atoms with E-state index in [1.54, 1.807) is 11.3 Å². The lowest BCUT2D eigenvalue weighted by atomic mass is 9.78. The van der Waals surface area contributed by atoms with Crippen molar-refractivity contribution in [2.45, 2.75) is 44.6 Å². The zero-order chi connectivity index (χ0) is 14.9. The normalized spacial score (nSPS) is 26.1. The molecule has 3 nitrogen and oxygen atoms in total. The molecule has 0 saturated heterocycles. The van der Waals surface area contributed by atoms with Crippen molar-refractivity contribution in [1.82, 2.24) is 5.32 Å². The van der Waals surface area contributed by atoms with Crippen LogP contribution in [0.4, 0.5) is 0 Å². The molecule has 0 atom stereocenters. The molecule has 0 aliphatic heterocycles. The minimum Gasteiger partial charge on any atom is -0.388 e. The molecule has 0 spiro atoms. The Bertz CT molecular complexity index is 595. The van der Waals surface area contributed by atoms with Gasteiger partial charge in [-0.15, -0.1) is 22.7 Å². The maximum absolute atomic E-state index is 12.2. The van der Waals surface area contributed by atoms with Crippen molar-refractivity contribution in [2.24, 2.45) is 5.92 Å². The third kappa shape index (κ3) is 3.30.